The van der Waals surface area contributed by atoms with Crippen LogP contribution in [0.4, 0.5) is 0 Å². The first-order valence-electron chi connectivity index (χ1n) is 13.9. The van der Waals surface area contributed by atoms with Crippen molar-refractivity contribution in [3.63, 3.8) is 0 Å². The third kappa shape index (κ3) is 7.54. The van der Waals surface area contributed by atoms with Gasteiger partial charge in [0.1, 0.15) is 11.5 Å². The van der Waals surface area contributed by atoms with Gasteiger partial charge >= 0.3 is 0 Å². The van der Waals surface area contributed by atoms with Crippen molar-refractivity contribution in [2.75, 3.05) is 13.2 Å². The number of carbonyl (C=O) groups excluding carboxylic acids is 4. The molecule has 1 aliphatic rings. The molecule has 216 valence electrons. The van der Waals surface area contributed by atoms with Crippen LogP contribution in [0.1, 0.15) is 25.7 Å². The fraction of sp³-hybridized carbons (Fsp3) is 0.250. The summed E-state index contributed by atoms with van der Waals surface area (Å²) in [6.45, 7) is -0.491. The topological polar surface area (TPSA) is 135 Å². The number of hydrogen-bond acceptors (Lipinski definition) is 6. The number of hydrazine groups is 2. The zero-order valence-electron chi connectivity index (χ0n) is 22.9. The van der Waals surface area contributed by atoms with E-state index < -0.39 is 11.8 Å². The summed E-state index contributed by atoms with van der Waals surface area (Å²) in [6.07, 6.45) is 1.91. The molecular formula is C32H32N4O6. The van der Waals surface area contributed by atoms with E-state index in [0.29, 0.717) is 37.2 Å². The summed E-state index contributed by atoms with van der Waals surface area (Å²) in [7, 11) is 0. The van der Waals surface area contributed by atoms with Gasteiger partial charge in [-0.15, -0.1) is 0 Å². The van der Waals surface area contributed by atoms with Gasteiger partial charge in [0.25, 0.3) is 11.8 Å². The Kier molecular flexibility index (Phi) is 9.13. The predicted octanol–water partition coefficient (Wildman–Crippen LogP) is 3.55. The maximum atomic E-state index is 12.5. The SMILES string of the molecule is O=C(COc1ccc2ccccc2c1)NNC(=O)C1CCC(C(=O)NNC(=O)COc2ccc3ccccc3c2)CC1. The molecule has 4 aromatic carbocycles. The van der Waals surface area contributed by atoms with Crippen LogP contribution in [0.25, 0.3) is 21.5 Å². The van der Waals surface area contributed by atoms with Crippen molar-refractivity contribution in [3.05, 3.63) is 84.9 Å². The molecule has 0 spiro atoms. The van der Waals surface area contributed by atoms with Crippen molar-refractivity contribution in [2.24, 2.45) is 11.8 Å². The molecule has 0 bridgehead atoms. The maximum absolute atomic E-state index is 12.5. The Bertz CT molecular complexity index is 1480. The molecule has 0 atom stereocenters. The second-order valence-electron chi connectivity index (χ2n) is 10.2. The van der Waals surface area contributed by atoms with Gasteiger partial charge in [0.05, 0.1) is 0 Å². The van der Waals surface area contributed by atoms with Gasteiger partial charge < -0.3 is 9.47 Å². The van der Waals surface area contributed by atoms with Gasteiger partial charge in [0.15, 0.2) is 13.2 Å². The fourth-order valence-corrected chi connectivity index (χ4v) is 4.97. The fourth-order valence-electron chi connectivity index (χ4n) is 4.97. The molecule has 0 heterocycles. The zero-order chi connectivity index (χ0) is 29.3. The standard InChI is InChI=1S/C32H32N4O6/c37-29(19-41-27-15-13-21-5-1-3-7-25(21)17-27)33-35-31(39)23-9-11-24(12-10-23)32(40)36-34-30(38)20-42-28-16-14-22-6-2-4-8-26(22)18-28/h1-8,13-18,23-24H,9-12,19-20H2,(H,33,37)(H,34,38)(H,35,39)(H,36,40). The smallest absolute Gasteiger partial charge is 0.276 e. The molecule has 10 heteroatoms. The van der Waals surface area contributed by atoms with Gasteiger partial charge in [-0.05, 0) is 71.5 Å². The van der Waals surface area contributed by atoms with Crippen LogP contribution < -0.4 is 31.2 Å². The number of amides is 4. The summed E-state index contributed by atoms with van der Waals surface area (Å²) in [4.78, 5) is 49.4. The summed E-state index contributed by atoms with van der Waals surface area (Å²) in [5, 5.41) is 4.14. The lowest BCUT2D eigenvalue weighted by molar-refractivity contribution is -0.135. The molecule has 0 aliphatic heterocycles. The normalized spacial score (nSPS) is 16.3. The van der Waals surface area contributed by atoms with Crippen molar-refractivity contribution in [3.8, 4) is 11.5 Å². The minimum absolute atomic E-state index is 0.245. The molecule has 0 aromatic heterocycles. The van der Waals surface area contributed by atoms with Crippen LogP contribution in [0.3, 0.4) is 0 Å². The van der Waals surface area contributed by atoms with Gasteiger partial charge in [-0.3, -0.25) is 40.9 Å². The molecule has 1 saturated carbocycles. The minimum Gasteiger partial charge on any atom is -0.484 e. The van der Waals surface area contributed by atoms with Crippen LogP contribution in [0.5, 0.6) is 11.5 Å². The summed E-state index contributed by atoms with van der Waals surface area (Å²) < 4.78 is 11.1. The van der Waals surface area contributed by atoms with Crippen molar-refractivity contribution in [1.82, 2.24) is 21.7 Å². The van der Waals surface area contributed by atoms with Crippen LogP contribution in [-0.4, -0.2) is 36.8 Å². The molecule has 10 nitrogen and oxygen atoms in total. The summed E-state index contributed by atoms with van der Waals surface area (Å²) >= 11 is 0. The van der Waals surface area contributed by atoms with E-state index in [0.717, 1.165) is 21.5 Å². The Labute approximate surface area is 242 Å². The number of carbonyl (C=O) groups is 4. The highest BCUT2D eigenvalue weighted by molar-refractivity contribution is 5.87. The first-order chi connectivity index (χ1) is 20.4. The van der Waals surface area contributed by atoms with Crippen molar-refractivity contribution >= 4 is 45.2 Å². The Morgan fingerprint density at radius 2 is 0.905 bits per heavy atom. The number of fused-ring (bicyclic) bond motifs is 2. The van der Waals surface area contributed by atoms with Gasteiger partial charge in [-0.25, -0.2) is 0 Å². The quantitative estimate of drug-likeness (QED) is 0.240. The van der Waals surface area contributed by atoms with Crippen LogP contribution in [0.15, 0.2) is 84.9 Å². The highest BCUT2D eigenvalue weighted by Gasteiger charge is 2.30. The van der Waals surface area contributed by atoms with Gasteiger partial charge in [-0.2, -0.15) is 0 Å². The van der Waals surface area contributed by atoms with E-state index in [1.54, 1.807) is 12.1 Å². The molecule has 0 radical (unpaired) electrons. The summed E-state index contributed by atoms with van der Waals surface area (Å²) in [5.41, 5.74) is 9.67. The van der Waals surface area contributed by atoms with E-state index >= 15 is 0 Å². The van der Waals surface area contributed by atoms with Crippen LogP contribution in [0.2, 0.25) is 0 Å². The van der Waals surface area contributed by atoms with E-state index in [1.807, 2.05) is 72.8 Å². The molecule has 4 amide bonds. The summed E-state index contributed by atoms with van der Waals surface area (Å²) in [5.74, 6) is -1.14. The molecule has 5 rings (SSSR count). The lowest BCUT2D eigenvalue weighted by Crippen LogP contribution is -2.48. The van der Waals surface area contributed by atoms with Crippen molar-refractivity contribution in [2.45, 2.75) is 25.7 Å². The molecule has 0 saturated heterocycles. The second kappa shape index (κ2) is 13.5. The Balaban J connectivity index is 0.963. The number of hydrogen-bond donors (Lipinski definition) is 4. The third-order valence-corrected chi connectivity index (χ3v) is 7.30. The van der Waals surface area contributed by atoms with Crippen LogP contribution in [0, 0.1) is 11.8 Å². The molecule has 42 heavy (non-hydrogen) atoms. The molecule has 1 aliphatic carbocycles. The largest absolute Gasteiger partial charge is 0.484 e. The van der Waals surface area contributed by atoms with Gasteiger partial charge in [-0.1, -0.05) is 60.7 Å². The number of ether oxygens (including phenoxy) is 2. The third-order valence-electron chi connectivity index (χ3n) is 7.30. The lowest BCUT2D eigenvalue weighted by Gasteiger charge is -2.27. The van der Waals surface area contributed by atoms with E-state index in [4.69, 9.17) is 9.47 Å². The first-order valence-corrected chi connectivity index (χ1v) is 13.9. The molecule has 0 unspecified atom stereocenters. The van der Waals surface area contributed by atoms with Crippen molar-refractivity contribution < 1.29 is 28.7 Å². The predicted molar refractivity (Wildman–Crippen MR) is 157 cm³/mol. The van der Waals surface area contributed by atoms with Gasteiger partial charge in [0, 0.05) is 11.8 Å². The second-order valence-corrected chi connectivity index (χ2v) is 10.2. The Morgan fingerprint density at radius 3 is 1.31 bits per heavy atom. The van der Waals surface area contributed by atoms with E-state index in [1.165, 1.54) is 0 Å². The molecule has 4 N–H and O–H groups in total. The maximum Gasteiger partial charge on any atom is 0.276 e. The first kappa shape index (κ1) is 28.4. The van der Waals surface area contributed by atoms with Crippen molar-refractivity contribution in [1.29, 1.82) is 0 Å². The molecular weight excluding hydrogens is 536 g/mol. The lowest BCUT2D eigenvalue weighted by atomic mass is 9.81. The highest BCUT2D eigenvalue weighted by atomic mass is 16.5. The van der Waals surface area contributed by atoms with Gasteiger partial charge in [0.2, 0.25) is 11.8 Å². The van der Waals surface area contributed by atoms with E-state index in [2.05, 4.69) is 21.7 Å². The van der Waals surface area contributed by atoms with Crippen LogP contribution in [-0.2, 0) is 19.2 Å². The Morgan fingerprint density at radius 1 is 0.524 bits per heavy atom. The summed E-state index contributed by atoms with van der Waals surface area (Å²) in [6, 6.07) is 26.7. The average molecular weight is 569 g/mol. The monoisotopic (exact) mass is 568 g/mol. The molecule has 4 aromatic rings. The minimum atomic E-state index is -0.482. The zero-order valence-corrected chi connectivity index (χ0v) is 22.9. The Hall–Kier alpha value is -5.12. The molecule has 1 fully saturated rings. The number of benzene rings is 4. The number of nitrogens with one attached hydrogen (secondary N) is 4. The number of rotatable bonds is 8. The van der Waals surface area contributed by atoms with Crippen LogP contribution >= 0.6 is 0 Å². The average Bonchev–Trinajstić information content (AvgIpc) is 3.04. The highest BCUT2D eigenvalue weighted by Crippen LogP contribution is 2.29. The van der Waals surface area contributed by atoms with E-state index in [-0.39, 0.29) is 36.9 Å². The van der Waals surface area contributed by atoms with E-state index in [9.17, 15) is 19.2 Å².